The van der Waals surface area contributed by atoms with Gasteiger partial charge in [0.25, 0.3) is 11.5 Å². The molecule has 1 aliphatic heterocycles. The molecule has 154 valence electrons. The van der Waals surface area contributed by atoms with Gasteiger partial charge in [-0.2, -0.15) is 5.26 Å². The Morgan fingerprint density at radius 2 is 1.65 bits per heavy atom. The second-order valence-electron chi connectivity index (χ2n) is 7.16. The highest BCUT2D eigenvalue weighted by molar-refractivity contribution is 7.80. The molecule has 2 heterocycles. The summed E-state index contributed by atoms with van der Waals surface area (Å²) in [6.07, 6.45) is 1.70. The molecule has 2 aromatic carbocycles. The third-order valence-corrected chi connectivity index (χ3v) is 5.81. The zero-order valence-electron chi connectivity index (χ0n) is 17.2. The van der Waals surface area contributed by atoms with Crippen molar-refractivity contribution in [1.82, 2.24) is 14.3 Å². The fourth-order valence-corrected chi connectivity index (χ4v) is 3.85. The topological polar surface area (TPSA) is 74.3 Å². The van der Waals surface area contributed by atoms with Gasteiger partial charge in [-0.25, -0.2) is 9.58 Å². The number of aromatic nitrogens is 2. The zero-order chi connectivity index (χ0) is 22.3. The quantitative estimate of drug-likeness (QED) is 0.473. The van der Waals surface area contributed by atoms with Gasteiger partial charge in [-0.1, -0.05) is 30.3 Å². The number of nitrogens with zero attached hydrogens (tertiary/aromatic N) is 5. The number of thiocarbonyl (C=S) groups is 1. The number of nitriles is 1. The number of amides is 1. The molecule has 1 saturated heterocycles. The highest BCUT2D eigenvalue weighted by Crippen LogP contribution is 2.29. The van der Waals surface area contributed by atoms with E-state index in [2.05, 4.69) is 6.07 Å². The second-order valence-corrected chi connectivity index (χ2v) is 7.52. The molecule has 3 aromatic rings. The molecule has 0 spiro atoms. The van der Waals surface area contributed by atoms with Crippen LogP contribution in [-0.2, 0) is 11.8 Å². The molecular formula is C23H19N5O2S. The van der Waals surface area contributed by atoms with Crippen LogP contribution in [0.3, 0.4) is 0 Å². The third kappa shape index (κ3) is 3.25. The van der Waals surface area contributed by atoms with Gasteiger partial charge in [0.05, 0.1) is 23.0 Å². The molecular weight excluding hydrogens is 410 g/mol. The SMILES string of the molecule is Cc1c(N2C(=O)/C(=C\c3ccc(C#N)cc3)N(C)C2=S)c(=O)n(-c2ccccc2)n1C. The lowest BCUT2D eigenvalue weighted by molar-refractivity contribution is -0.114. The standard InChI is InChI=1S/C23H19N5O2S/c1-15-20(22(30)28(26(15)3)18-7-5-4-6-8-18)27-21(29)19(25(2)23(27)31)13-16-9-11-17(14-24)12-10-16/h4-13H,1-3H3/b19-13+. The first-order valence-electron chi connectivity index (χ1n) is 9.53. The van der Waals surface area contributed by atoms with E-state index in [1.54, 1.807) is 60.9 Å². The van der Waals surface area contributed by atoms with Gasteiger partial charge in [-0.05, 0) is 55.0 Å². The van der Waals surface area contributed by atoms with Crippen LogP contribution in [0, 0.1) is 18.3 Å². The van der Waals surface area contributed by atoms with Crippen molar-refractivity contribution < 1.29 is 4.79 Å². The molecule has 1 aliphatic rings. The van der Waals surface area contributed by atoms with Crippen LogP contribution in [0.4, 0.5) is 5.69 Å². The summed E-state index contributed by atoms with van der Waals surface area (Å²) in [4.78, 5) is 29.6. The molecule has 0 radical (unpaired) electrons. The summed E-state index contributed by atoms with van der Waals surface area (Å²) >= 11 is 5.53. The van der Waals surface area contributed by atoms with E-state index < -0.39 is 0 Å². The number of para-hydroxylation sites is 1. The smallest absolute Gasteiger partial charge is 0.296 e. The Labute approximate surface area is 184 Å². The van der Waals surface area contributed by atoms with Crippen molar-refractivity contribution in [2.75, 3.05) is 11.9 Å². The van der Waals surface area contributed by atoms with Crippen molar-refractivity contribution in [3.63, 3.8) is 0 Å². The summed E-state index contributed by atoms with van der Waals surface area (Å²) in [5.74, 6) is -0.372. The lowest BCUT2D eigenvalue weighted by Gasteiger charge is -2.15. The molecule has 0 unspecified atom stereocenters. The Bertz CT molecular complexity index is 1330. The molecule has 7 nitrogen and oxygen atoms in total. The predicted molar refractivity (Wildman–Crippen MR) is 123 cm³/mol. The first-order valence-corrected chi connectivity index (χ1v) is 9.94. The van der Waals surface area contributed by atoms with Crippen molar-refractivity contribution in [2.45, 2.75) is 6.92 Å². The Kier molecular flexibility index (Phi) is 5.05. The van der Waals surface area contributed by atoms with Crippen LogP contribution in [-0.4, -0.2) is 32.3 Å². The number of hydrogen-bond acceptors (Lipinski definition) is 4. The van der Waals surface area contributed by atoms with Crippen LogP contribution in [0.15, 0.2) is 65.1 Å². The molecule has 1 amide bonds. The third-order valence-electron chi connectivity index (χ3n) is 5.35. The Hall–Kier alpha value is -3.96. The summed E-state index contributed by atoms with van der Waals surface area (Å²) in [6, 6.07) is 18.2. The molecule has 0 N–H and O–H groups in total. The van der Waals surface area contributed by atoms with E-state index in [1.165, 1.54) is 9.58 Å². The first kappa shape index (κ1) is 20.3. The van der Waals surface area contributed by atoms with Gasteiger partial charge in [0.2, 0.25) is 0 Å². The monoisotopic (exact) mass is 429 g/mol. The number of rotatable bonds is 3. The van der Waals surface area contributed by atoms with Gasteiger partial charge < -0.3 is 4.90 Å². The van der Waals surface area contributed by atoms with Crippen molar-refractivity contribution in [2.24, 2.45) is 7.05 Å². The maximum Gasteiger partial charge on any atom is 0.296 e. The highest BCUT2D eigenvalue weighted by atomic mass is 32.1. The zero-order valence-corrected chi connectivity index (χ0v) is 18.1. The lowest BCUT2D eigenvalue weighted by Crippen LogP contribution is -2.35. The van der Waals surface area contributed by atoms with Crippen molar-refractivity contribution in [3.05, 3.63) is 87.5 Å². The van der Waals surface area contributed by atoms with Crippen LogP contribution in [0.2, 0.25) is 0 Å². The number of carbonyl (C=O) groups excluding carboxylic acids is 1. The molecule has 1 aromatic heterocycles. The first-order chi connectivity index (χ1) is 14.8. The number of anilines is 1. The van der Waals surface area contributed by atoms with E-state index in [0.717, 1.165) is 5.56 Å². The molecule has 0 saturated carbocycles. The average molecular weight is 430 g/mol. The number of likely N-dealkylation sites (N-methyl/N-ethyl adjacent to an activating group) is 1. The minimum Gasteiger partial charge on any atom is -0.317 e. The maximum absolute atomic E-state index is 13.4. The molecule has 0 bridgehead atoms. The minimum atomic E-state index is -0.372. The van der Waals surface area contributed by atoms with Crippen molar-refractivity contribution in [1.29, 1.82) is 5.26 Å². The minimum absolute atomic E-state index is 0.232. The highest BCUT2D eigenvalue weighted by Gasteiger charge is 2.40. The van der Waals surface area contributed by atoms with Crippen molar-refractivity contribution in [3.8, 4) is 11.8 Å². The van der Waals surface area contributed by atoms with Crippen LogP contribution in [0.5, 0.6) is 0 Å². The van der Waals surface area contributed by atoms with Gasteiger partial charge in [-0.3, -0.25) is 14.3 Å². The lowest BCUT2D eigenvalue weighted by atomic mass is 10.1. The van der Waals surface area contributed by atoms with E-state index in [9.17, 15) is 9.59 Å². The van der Waals surface area contributed by atoms with Gasteiger partial charge >= 0.3 is 0 Å². The van der Waals surface area contributed by atoms with Crippen LogP contribution in [0.25, 0.3) is 11.8 Å². The van der Waals surface area contributed by atoms with E-state index in [-0.39, 0.29) is 22.3 Å². The van der Waals surface area contributed by atoms with Gasteiger partial charge in [0.15, 0.2) is 5.11 Å². The molecule has 4 rings (SSSR count). The fourth-order valence-electron chi connectivity index (χ4n) is 3.58. The van der Waals surface area contributed by atoms with Crippen LogP contribution >= 0.6 is 12.2 Å². The largest absolute Gasteiger partial charge is 0.317 e. The average Bonchev–Trinajstić information content (AvgIpc) is 3.12. The summed E-state index contributed by atoms with van der Waals surface area (Å²) in [5.41, 5.74) is 2.87. The fraction of sp³-hybridized carbons (Fsp3) is 0.130. The van der Waals surface area contributed by atoms with E-state index in [0.29, 0.717) is 22.6 Å². The summed E-state index contributed by atoms with van der Waals surface area (Å²) in [6.45, 7) is 1.79. The Balaban J connectivity index is 1.80. The molecule has 0 aliphatic carbocycles. The maximum atomic E-state index is 13.4. The summed E-state index contributed by atoms with van der Waals surface area (Å²) < 4.78 is 3.23. The molecule has 31 heavy (non-hydrogen) atoms. The van der Waals surface area contributed by atoms with Gasteiger partial charge in [0.1, 0.15) is 11.4 Å². The van der Waals surface area contributed by atoms with Crippen molar-refractivity contribution >= 4 is 35.0 Å². The number of carbonyl (C=O) groups is 1. The summed E-state index contributed by atoms with van der Waals surface area (Å²) in [5, 5.41) is 9.20. The number of benzene rings is 2. The van der Waals surface area contributed by atoms with E-state index in [4.69, 9.17) is 17.5 Å². The molecule has 8 heteroatoms. The van der Waals surface area contributed by atoms with E-state index in [1.807, 2.05) is 30.3 Å². The van der Waals surface area contributed by atoms with Gasteiger partial charge in [-0.15, -0.1) is 0 Å². The normalized spacial score (nSPS) is 15.1. The predicted octanol–water partition coefficient (Wildman–Crippen LogP) is 2.96. The van der Waals surface area contributed by atoms with Gasteiger partial charge in [0, 0.05) is 14.1 Å². The van der Waals surface area contributed by atoms with Crippen LogP contribution < -0.4 is 10.5 Å². The second kappa shape index (κ2) is 7.70. The Morgan fingerprint density at radius 3 is 2.26 bits per heavy atom. The molecule has 0 atom stereocenters. The number of hydrogen-bond donors (Lipinski definition) is 0. The Morgan fingerprint density at radius 1 is 1.00 bits per heavy atom. The summed E-state index contributed by atoms with van der Waals surface area (Å²) in [7, 11) is 3.47. The van der Waals surface area contributed by atoms with E-state index >= 15 is 0 Å². The van der Waals surface area contributed by atoms with Crippen LogP contribution in [0.1, 0.15) is 16.8 Å². The molecule has 1 fully saturated rings.